The SMILES string of the molecule is CC(C)Cc1ccc(-c2cc(Cl)cc(C(=O)O)c2)cc1. The first-order valence-electron chi connectivity index (χ1n) is 6.59. The third kappa shape index (κ3) is 3.61. The zero-order valence-electron chi connectivity index (χ0n) is 11.6. The van der Waals surface area contributed by atoms with E-state index < -0.39 is 5.97 Å². The van der Waals surface area contributed by atoms with Gasteiger partial charge in [0.25, 0.3) is 0 Å². The molecule has 0 atom stereocenters. The van der Waals surface area contributed by atoms with E-state index in [0.29, 0.717) is 10.9 Å². The zero-order valence-corrected chi connectivity index (χ0v) is 12.3. The van der Waals surface area contributed by atoms with Crippen molar-refractivity contribution < 1.29 is 9.90 Å². The summed E-state index contributed by atoms with van der Waals surface area (Å²) >= 11 is 5.98. The van der Waals surface area contributed by atoms with Crippen molar-refractivity contribution in [3.05, 3.63) is 58.6 Å². The third-order valence-electron chi connectivity index (χ3n) is 3.08. The summed E-state index contributed by atoms with van der Waals surface area (Å²) in [5, 5.41) is 9.50. The average molecular weight is 289 g/mol. The Labute approximate surface area is 124 Å². The molecule has 0 spiro atoms. The number of carboxylic acids is 1. The van der Waals surface area contributed by atoms with E-state index in [-0.39, 0.29) is 5.56 Å². The summed E-state index contributed by atoms with van der Waals surface area (Å²) < 4.78 is 0. The predicted octanol–water partition coefficient (Wildman–Crippen LogP) is 4.90. The molecule has 0 amide bonds. The molecule has 0 unspecified atom stereocenters. The molecule has 0 fully saturated rings. The van der Waals surface area contributed by atoms with Gasteiger partial charge in [0.05, 0.1) is 5.56 Å². The molecular formula is C17H17ClO2. The van der Waals surface area contributed by atoms with Crippen molar-refractivity contribution >= 4 is 17.6 Å². The molecule has 2 aromatic rings. The Morgan fingerprint density at radius 1 is 1.10 bits per heavy atom. The van der Waals surface area contributed by atoms with Gasteiger partial charge >= 0.3 is 5.97 Å². The molecule has 0 heterocycles. The maximum Gasteiger partial charge on any atom is 0.335 e. The molecule has 1 N–H and O–H groups in total. The van der Waals surface area contributed by atoms with Crippen LogP contribution in [0, 0.1) is 5.92 Å². The standard InChI is InChI=1S/C17H17ClO2/c1-11(2)7-12-3-5-13(6-4-12)14-8-15(17(19)20)10-16(18)9-14/h3-6,8-11H,7H2,1-2H3,(H,19,20). The second-order valence-electron chi connectivity index (χ2n) is 5.33. The fourth-order valence-electron chi connectivity index (χ4n) is 2.18. The van der Waals surface area contributed by atoms with Crippen LogP contribution in [0.1, 0.15) is 29.8 Å². The first kappa shape index (κ1) is 14.6. The number of halogens is 1. The first-order valence-corrected chi connectivity index (χ1v) is 6.96. The molecule has 2 nitrogen and oxygen atoms in total. The summed E-state index contributed by atoms with van der Waals surface area (Å²) in [4.78, 5) is 11.1. The highest BCUT2D eigenvalue weighted by Crippen LogP contribution is 2.25. The topological polar surface area (TPSA) is 37.3 Å². The molecule has 20 heavy (non-hydrogen) atoms. The lowest BCUT2D eigenvalue weighted by atomic mass is 9.98. The van der Waals surface area contributed by atoms with E-state index >= 15 is 0 Å². The monoisotopic (exact) mass is 288 g/mol. The van der Waals surface area contributed by atoms with Crippen molar-refractivity contribution in [1.29, 1.82) is 0 Å². The normalized spacial score (nSPS) is 10.8. The van der Waals surface area contributed by atoms with Crippen LogP contribution in [0.25, 0.3) is 11.1 Å². The molecule has 0 bridgehead atoms. The van der Waals surface area contributed by atoms with Crippen molar-refractivity contribution in [3.63, 3.8) is 0 Å². The molecular weight excluding hydrogens is 272 g/mol. The second-order valence-corrected chi connectivity index (χ2v) is 5.77. The summed E-state index contributed by atoms with van der Waals surface area (Å²) in [5.41, 5.74) is 3.29. The Kier molecular flexibility index (Phi) is 4.46. The van der Waals surface area contributed by atoms with Crippen LogP contribution in [0.5, 0.6) is 0 Å². The lowest BCUT2D eigenvalue weighted by molar-refractivity contribution is 0.0697. The van der Waals surface area contributed by atoms with E-state index in [2.05, 4.69) is 26.0 Å². The van der Waals surface area contributed by atoms with E-state index in [1.54, 1.807) is 12.1 Å². The van der Waals surface area contributed by atoms with E-state index in [4.69, 9.17) is 16.7 Å². The predicted molar refractivity (Wildman–Crippen MR) is 82.4 cm³/mol. The van der Waals surface area contributed by atoms with Crippen LogP contribution in [-0.4, -0.2) is 11.1 Å². The Bertz CT molecular complexity index is 615. The Balaban J connectivity index is 2.34. The van der Waals surface area contributed by atoms with E-state index in [0.717, 1.165) is 17.5 Å². The highest BCUT2D eigenvalue weighted by atomic mass is 35.5. The fourth-order valence-corrected chi connectivity index (χ4v) is 2.42. The lowest BCUT2D eigenvalue weighted by Crippen LogP contribution is -1.97. The maximum atomic E-state index is 11.1. The average Bonchev–Trinajstić information content (AvgIpc) is 2.38. The summed E-state index contributed by atoms with van der Waals surface area (Å²) in [6, 6.07) is 13.1. The third-order valence-corrected chi connectivity index (χ3v) is 3.29. The van der Waals surface area contributed by atoms with Gasteiger partial charge in [-0.25, -0.2) is 4.79 Å². The Hall–Kier alpha value is -1.80. The summed E-state index contributed by atoms with van der Waals surface area (Å²) in [6.07, 6.45) is 1.04. The van der Waals surface area contributed by atoms with Gasteiger partial charge in [0.15, 0.2) is 0 Å². The van der Waals surface area contributed by atoms with Crippen LogP contribution in [-0.2, 0) is 6.42 Å². The van der Waals surface area contributed by atoms with Gasteiger partial charge < -0.3 is 5.11 Å². The summed E-state index contributed by atoms with van der Waals surface area (Å²) in [6.45, 7) is 4.37. The van der Waals surface area contributed by atoms with Gasteiger partial charge in [0, 0.05) is 5.02 Å². The highest BCUT2D eigenvalue weighted by Gasteiger charge is 2.08. The summed E-state index contributed by atoms with van der Waals surface area (Å²) in [7, 11) is 0. The van der Waals surface area contributed by atoms with Gasteiger partial charge in [-0.15, -0.1) is 0 Å². The molecule has 0 aliphatic heterocycles. The van der Waals surface area contributed by atoms with Crippen LogP contribution < -0.4 is 0 Å². The molecule has 0 saturated carbocycles. The van der Waals surface area contributed by atoms with Gasteiger partial charge in [0.1, 0.15) is 0 Å². The lowest BCUT2D eigenvalue weighted by Gasteiger charge is -2.08. The van der Waals surface area contributed by atoms with Crippen LogP contribution in [0.3, 0.4) is 0 Å². The van der Waals surface area contributed by atoms with E-state index in [1.807, 2.05) is 12.1 Å². The fraction of sp³-hybridized carbons (Fsp3) is 0.235. The molecule has 0 saturated heterocycles. The molecule has 2 aromatic carbocycles. The number of benzene rings is 2. The van der Waals surface area contributed by atoms with Crippen LogP contribution in [0.2, 0.25) is 5.02 Å². The van der Waals surface area contributed by atoms with Crippen molar-refractivity contribution in [2.45, 2.75) is 20.3 Å². The summed E-state index contributed by atoms with van der Waals surface area (Å²) in [5.74, 6) is -0.351. The maximum absolute atomic E-state index is 11.1. The van der Waals surface area contributed by atoms with Gasteiger partial charge in [0.2, 0.25) is 0 Å². The molecule has 104 valence electrons. The number of aromatic carboxylic acids is 1. The number of hydrogen-bond acceptors (Lipinski definition) is 1. The van der Waals surface area contributed by atoms with Gasteiger partial charge in [-0.05, 0) is 47.2 Å². The number of hydrogen-bond donors (Lipinski definition) is 1. The minimum Gasteiger partial charge on any atom is -0.478 e. The smallest absolute Gasteiger partial charge is 0.335 e. The van der Waals surface area contributed by atoms with Crippen molar-refractivity contribution in [2.24, 2.45) is 5.92 Å². The van der Waals surface area contributed by atoms with Gasteiger partial charge in [-0.3, -0.25) is 0 Å². The van der Waals surface area contributed by atoms with Crippen molar-refractivity contribution in [1.82, 2.24) is 0 Å². The van der Waals surface area contributed by atoms with Crippen molar-refractivity contribution in [3.8, 4) is 11.1 Å². The number of carbonyl (C=O) groups is 1. The number of carboxylic acid groups (broad SMARTS) is 1. The Morgan fingerprint density at radius 3 is 2.30 bits per heavy atom. The molecule has 0 aliphatic rings. The largest absolute Gasteiger partial charge is 0.478 e. The number of rotatable bonds is 4. The quantitative estimate of drug-likeness (QED) is 0.868. The van der Waals surface area contributed by atoms with Crippen LogP contribution in [0.4, 0.5) is 0 Å². The molecule has 3 heteroatoms. The molecule has 0 aromatic heterocycles. The molecule has 0 aliphatic carbocycles. The molecule has 2 rings (SSSR count). The molecule has 0 radical (unpaired) electrons. The van der Waals surface area contributed by atoms with Crippen molar-refractivity contribution in [2.75, 3.05) is 0 Å². The minimum absolute atomic E-state index is 0.207. The van der Waals surface area contributed by atoms with Crippen LogP contribution >= 0.6 is 11.6 Å². The Morgan fingerprint density at radius 2 is 1.75 bits per heavy atom. The highest BCUT2D eigenvalue weighted by molar-refractivity contribution is 6.31. The van der Waals surface area contributed by atoms with Crippen LogP contribution in [0.15, 0.2) is 42.5 Å². The minimum atomic E-state index is -0.967. The van der Waals surface area contributed by atoms with Gasteiger partial charge in [-0.2, -0.15) is 0 Å². The zero-order chi connectivity index (χ0) is 14.7. The van der Waals surface area contributed by atoms with Gasteiger partial charge in [-0.1, -0.05) is 49.7 Å². The van der Waals surface area contributed by atoms with E-state index in [1.165, 1.54) is 11.6 Å². The second kappa shape index (κ2) is 6.10. The van der Waals surface area contributed by atoms with E-state index in [9.17, 15) is 4.79 Å². The first-order chi connectivity index (χ1) is 9.45.